The zero-order valence-electron chi connectivity index (χ0n) is 10.2. The number of halogens is 3. The quantitative estimate of drug-likeness (QED) is 0.485. The van der Waals surface area contributed by atoms with Crippen molar-refractivity contribution in [3.05, 3.63) is 63.7 Å². The lowest BCUT2D eigenvalue weighted by Crippen LogP contribution is -1.98. The van der Waals surface area contributed by atoms with E-state index >= 15 is 0 Å². The molecule has 5 nitrogen and oxygen atoms in total. The zero-order chi connectivity index (χ0) is 15.6. The van der Waals surface area contributed by atoms with Crippen LogP contribution >= 0.6 is 11.6 Å². The maximum atomic E-state index is 13.5. The molecule has 0 saturated heterocycles. The van der Waals surface area contributed by atoms with Crippen molar-refractivity contribution in [3.63, 3.8) is 0 Å². The van der Waals surface area contributed by atoms with Gasteiger partial charge in [-0.1, -0.05) is 0 Å². The summed E-state index contributed by atoms with van der Waals surface area (Å²) in [6, 6.07) is 5.63. The Morgan fingerprint density at radius 1 is 1.14 bits per heavy atom. The van der Waals surface area contributed by atoms with Crippen molar-refractivity contribution in [2.24, 2.45) is 0 Å². The van der Waals surface area contributed by atoms with Crippen molar-refractivity contribution in [1.29, 1.82) is 0 Å². The molecule has 0 spiro atoms. The van der Waals surface area contributed by atoms with E-state index in [1.807, 2.05) is 0 Å². The van der Waals surface area contributed by atoms with Crippen LogP contribution in [-0.4, -0.2) is 10.2 Å². The van der Waals surface area contributed by atoms with Gasteiger partial charge in [-0.25, -0.2) is 8.78 Å². The minimum atomic E-state index is -1.04. The molecule has 2 aromatic rings. The molecule has 0 radical (unpaired) electrons. The molecule has 21 heavy (non-hydrogen) atoms. The Bertz CT molecular complexity index is 736. The van der Waals surface area contributed by atoms with Gasteiger partial charge in [0.25, 0.3) is 5.24 Å². The van der Waals surface area contributed by atoms with Gasteiger partial charge in [-0.3, -0.25) is 14.9 Å². The van der Waals surface area contributed by atoms with Crippen LogP contribution in [0.2, 0.25) is 0 Å². The Kier molecular flexibility index (Phi) is 4.13. The average molecular weight is 314 g/mol. The molecular weight excluding hydrogens is 308 g/mol. The molecule has 0 aliphatic rings. The van der Waals surface area contributed by atoms with Crippen LogP contribution in [0.4, 0.5) is 14.5 Å². The standard InChI is InChI=1S/C13H6ClF2NO4/c14-13(18)7-1-3-10(17(19)20)12(5-7)21-11-4-2-8(15)6-9(11)16/h1-6H. The molecule has 0 unspecified atom stereocenters. The molecule has 0 bridgehead atoms. The first-order valence-electron chi connectivity index (χ1n) is 5.49. The summed E-state index contributed by atoms with van der Waals surface area (Å²) < 4.78 is 31.4. The number of ether oxygens (including phenoxy) is 1. The summed E-state index contributed by atoms with van der Waals surface area (Å²) in [6.45, 7) is 0. The van der Waals surface area contributed by atoms with Crippen molar-refractivity contribution in [1.82, 2.24) is 0 Å². The van der Waals surface area contributed by atoms with E-state index in [0.29, 0.717) is 6.07 Å². The molecule has 2 aromatic carbocycles. The van der Waals surface area contributed by atoms with Crippen LogP contribution in [0, 0.1) is 21.7 Å². The van der Waals surface area contributed by atoms with Crippen molar-refractivity contribution in [2.45, 2.75) is 0 Å². The van der Waals surface area contributed by atoms with E-state index < -0.39 is 33.2 Å². The van der Waals surface area contributed by atoms with Crippen molar-refractivity contribution < 1.29 is 23.2 Å². The molecule has 0 amide bonds. The highest BCUT2D eigenvalue weighted by Crippen LogP contribution is 2.33. The number of hydrogen-bond donors (Lipinski definition) is 0. The molecule has 0 N–H and O–H groups in total. The number of nitro benzene ring substituents is 1. The molecule has 2 rings (SSSR count). The van der Waals surface area contributed by atoms with E-state index in [1.165, 1.54) is 0 Å². The molecule has 0 aliphatic heterocycles. The Morgan fingerprint density at radius 3 is 2.43 bits per heavy atom. The van der Waals surface area contributed by atoms with Crippen LogP contribution in [0.5, 0.6) is 11.5 Å². The highest BCUT2D eigenvalue weighted by atomic mass is 35.5. The molecule has 8 heteroatoms. The summed E-state index contributed by atoms with van der Waals surface area (Å²) in [7, 11) is 0. The fourth-order valence-electron chi connectivity index (χ4n) is 1.55. The fraction of sp³-hybridized carbons (Fsp3) is 0. The Morgan fingerprint density at radius 2 is 1.86 bits per heavy atom. The number of nitrogens with zero attached hydrogens (tertiary/aromatic N) is 1. The third-order valence-electron chi connectivity index (χ3n) is 2.50. The van der Waals surface area contributed by atoms with Crippen LogP contribution in [0.1, 0.15) is 10.4 Å². The molecule has 108 valence electrons. The summed E-state index contributed by atoms with van der Waals surface area (Å²) in [6.07, 6.45) is 0. The van der Waals surface area contributed by atoms with Crippen molar-refractivity contribution in [2.75, 3.05) is 0 Å². The van der Waals surface area contributed by atoms with Crippen LogP contribution in [-0.2, 0) is 0 Å². The molecule has 0 heterocycles. The smallest absolute Gasteiger partial charge is 0.311 e. The van der Waals surface area contributed by atoms with Gasteiger partial charge in [-0.15, -0.1) is 0 Å². The summed E-state index contributed by atoms with van der Waals surface area (Å²) in [5.74, 6) is -2.65. The first-order chi connectivity index (χ1) is 9.88. The summed E-state index contributed by atoms with van der Waals surface area (Å²) in [4.78, 5) is 21.2. The van der Waals surface area contributed by atoms with E-state index in [-0.39, 0.29) is 11.3 Å². The number of hydrogen-bond acceptors (Lipinski definition) is 4. The Balaban J connectivity index is 2.48. The van der Waals surface area contributed by atoms with E-state index in [9.17, 15) is 23.7 Å². The fourth-order valence-corrected chi connectivity index (χ4v) is 1.66. The Labute approximate surface area is 121 Å². The molecule has 0 saturated carbocycles. The van der Waals surface area contributed by atoms with Crippen LogP contribution in [0.15, 0.2) is 36.4 Å². The second-order valence-corrected chi connectivity index (χ2v) is 4.23. The molecule has 0 aromatic heterocycles. The van der Waals surface area contributed by atoms with Gasteiger partial charge in [0, 0.05) is 23.8 Å². The SMILES string of the molecule is O=C(Cl)c1ccc([N+](=O)[O-])c(Oc2ccc(F)cc2F)c1. The monoisotopic (exact) mass is 313 g/mol. The summed E-state index contributed by atoms with van der Waals surface area (Å²) >= 11 is 5.27. The first kappa shape index (κ1) is 14.9. The molecule has 0 atom stereocenters. The predicted octanol–water partition coefficient (Wildman–Crippen LogP) is 4.04. The number of rotatable bonds is 4. The second-order valence-electron chi connectivity index (χ2n) is 3.89. The van der Waals surface area contributed by atoms with Gasteiger partial charge in [0.1, 0.15) is 5.82 Å². The average Bonchev–Trinajstić information content (AvgIpc) is 2.41. The highest BCUT2D eigenvalue weighted by Gasteiger charge is 2.19. The zero-order valence-corrected chi connectivity index (χ0v) is 10.9. The lowest BCUT2D eigenvalue weighted by molar-refractivity contribution is -0.385. The van der Waals surface area contributed by atoms with E-state index in [2.05, 4.69) is 0 Å². The van der Waals surface area contributed by atoms with E-state index in [1.54, 1.807) is 0 Å². The van der Waals surface area contributed by atoms with Crippen molar-refractivity contribution >= 4 is 22.5 Å². The highest BCUT2D eigenvalue weighted by molar-refractivity contribution is 6.67. The largest absolute Gasteiger partial charge is 0.447 e. The number of carbonyl (C=O) groups is 1. The first-order valence-corrected chi connectivity index (χ1v) is 5.87. The lowest BCUT2D eigenvalue weighted by Gasteiger charge is -2.08. The second kappa shape index (κ2) is 5.84. The number of benzene rings is 2. The molecule has 0 fully saturated rings. The number of carbonyl (C=O) groups excluding carboxylic acids is 1. The summed E-state index contributed by atoms with van der Waals surface area (Å²) in [5.41, 5.74) is -0.542. The van der Waals surface area contributed by atoms with Gasteiger partial charge >= 0.3 is 5.69 Å². The van der Waals surface area contributed by atoms with E-state index in [0.717, 1.165) is 30.3 Å². The van der Waals surface area contributed by atoms with Gasteiger partial charge in [0.05, 0.1) is 4.92 Å². The van der Waals surface area contributed by atoms with Crippen LogP contribution < -0.4 is 4.74 Å². The van der Waals surface area contributed by atoms with Crippen LogP contribution in [0.3, 0.4) is 0 Å². The van der Waals surface area contributed by atoms with Gasteiger partial charge in [-0.2, -0.15) is 0 Å². The topological polar surface area (TPSA) is 69.4 Å². The lowest BCUT2D eigenvalue weighted by atomic mass is 10.2. The third kappa shape index (κ3) is 3.32. The molecular formula is C13H6ClF2NO4. The number of nitro groups is 1. The maximum absolute atomic E-state index is 13.5. The van der Waals surface area contributed by atoms with Gasteiger partial charge < -0.3 is 4.74 Å². The minimum absolute atomic E-state index is 0.0558. The maximum Gasteiger partial charge on any atom is 0.311 e. The van der Waals surface area contributed by atoms with Gasteiger partial charge in [-0.05, 0) is 29.8 Å². The molecule has 0 aliphatic carbocycles. The van der Waals surface area contributed by atoms with Crippen LogP contribution in [0.25, 0.3) is 0 Å². The Hall–Kier alpha value is -2.54. The normalized spacial score (nSPS) is 10.2. The minimum Gasteiger partial charge on any atom is -0.447 e. The van der Waals surface area contributed by atoms with Crippen molar-refractivity contribution in [3.8, 4) is 11.5 Å². The summed E-state index contributed by atoms with van der Waals surface area (Å²) in [5, 5.41) is 10.0. The third-order valence-corrected chi connectivity index (χ3v) is 2.72. The predicted molar refractivity (Wildman–Crippen MR) is 69.7 cm³/mol. The van der Waals surface area contributed by atoms with E-state index in [4.69, 9.17) is 16.3 Å². The van der Waals surface area contributed by atoms with Gasteiger partial charge in [0.15, 0.2) is 11.6 Å². The van der Waals surface area contributed by atoms with Gasteiger partial charge in [0.2, 0.25) is 5.75 Å².